The van der Waals surface area contributed by atoms with Crippen LogP contribution >= 0.6 is 0 Å². The van der Waals surface area contributed by atoms with E-state index in [4.69, 9.17) is 0 Å². The third kappa shape index (κ3) is 1.61. The van der Waals surface area contributed by atoms with E-state index in [0.717, 1.165) is 16.8 Å². The Balaban J connectivity index is 2.64. The first-order valence-electron chi connectivity index (χ1n) is 4.92. The minimum Gasteiger partial charge on any atom is -0.295 e. The Labute approximate surface area is 88.4 Å². The molecule has 0 unspecified atom stereocenters. The lowest BCUT2D eigenvalue weighted by Crippen LogP contribution is -2.12. The predicted molar refractivity (Wildman–Crippen MR) is 60.9 cm³/mol. The highest BCUT2D eigenvalue weighted by atomic mass is 16.1. The van der Waals surface area contributed by atoms with Gasteiger partial charge in [-0.05, 0) is 19.9 Å². The molecule has 0 spiro atoms. The molecule has 0 amide bonds. The summed E-state index contributed by atoms with van der Waals surface area (Å²) in [5, 5.41) is 3.06. The molecule has 1 N–H and O–H groups in total. The van der Waals surface area contributed by atoms with Crippen LogP contribution in [0.15, 0.2) is 29.1 Å². The molecule has 15 heavy (non-hydrogen) atoms. The molecule has 3 heteroatoms. The van der Waals surface area contributed by atoms with Gasteiger partial charge in [-0.2, -0.15) is 0 Å². The van der Waals surface area contributed by atoms with Gasteiger partial charge in [0.15, 0.2) is 0 Å². The second kappa shape index (κ2) is 3.42. The molecule has 0 radical (unpaired) electrons. The standard InChI is InChI=1S/C12H14N2O/c1-8-5-4-6-10(7-8)11-9(2)12(15)14(3)13-11/h4-7,13H,1-3H3. The SMILES string of the molecule is Cc1cccc(-c2[nH]n(C)c(=O)c2C)c1. The van der Waals surface area contributed by atoms with E-state index in [9.17, 15) is 4.79 Å². The van der Waals surface area contributed by atoms with Crippen LogP contribution in [0.4, 0.5) is 0 Å². The van der Waals surface area contributed by atoms with Crippen molar-refractivity contribution in [3.8, 4) is 11.3 Å². The monoisotopic (exact) mass is 202 g/mol. The Bertz CT molecular complexity index is 549. The lowest BCUT2D eigenvalue weighted by atomic mass is 10.1. The number of rotatable bonds is 1. The maximum atomic E-state index is 11.6. The number of benzene rings is 1. The number of aryl methyl sites for hydroxylation is 2. The highest BCUT2D eigenvalue weighted by Gasteiger charge is 2.09. The first kappa shape index (κ1) is 9.77. The smallest absolute Gasteiger partial charge is 0.269 e. The minimum atomic E-state index is 0.0338. The molecule has 0 bridgehead atoms. The van der Waals surface area contributed by atoms with Gasteiger partial charge >= 0.3 is 0 Å². The summed E-state index contributed by atoms with van der Waals surface area (Å²) in [6.45, 7) is 3.89. The van der Waals surface area contributed by atoms with Crippen LogP contribution in [0.25, 0.3) is 11.3 Å². The van der Waals surface area contributed by atoms with Gasteiger partial charge in [0.1, 0.15) is 0 Å². The van der Waals surface area contributed by atoms with E-state index in [1.165, 1.54) is 10.2 Å². The first-order valence-corrected chi connectivity index (χ1v) is 4.92. The van der Waals surface area contributed by atoms with E-state index in [2.05, 4.69) is 11.2 Å². The zero-order valence-electron chi connectivity index (χ0n) is 9.16. The van der Waals surface area contributed by atoms with E-state index in [-0.39, 0.29) is 5.56 Å². The molecule has 0 atom stereocenters. The summed E-state index contributed by atoms with van der Waals surface area (Å²) in [6.07, 6.45) is 0. The van der Waals surface area contributed by atoms with Crippen molar-refractivity contribution in [2.75, 3.05) is 0 Å². The Morgan fingerprint density at radius 3 is 2.53 bits per heavy atom. The van der Waals surface area contributed by atoms with Gasteiger partial charge in [-0.3, -0.25) is 14.6 Å². The van der Waals surface area contributed by atoms with Crippen molar-refractivity contribution in [2.45, 2.75) is 13.8 Å². The fourth-order valence-electron chi connectivity index (χ4n) is 1.74. The lowest BCUT2D eigenvalue weighted by Gasteiger charge is -2.00. The van der Waals surface area contributed by atoms with Gasteiger partial charge in [0, 0.05) is 18.2 Å². The van der Waals surface area contributed by atoms with Gasteiger partial charge in [-0.1, -0.05) is 23.8 Å². The molecule has 2 rings (SSSR count). The van der Waals surface area contributed by atoms with Crippen molar-refractivity contribution >= 4 is 0 Å². The molecule has 0 aliphatic heterocycles. The number of aromatic nitrogens is 2. The number of hydrogen-bond acceptors (Lipinski definition) is 1. The third-order valence-corrected chi connectivity index (χ3v) is 2.59. The maximum Gasteiger partial charge on any atom is 0.269 e. The molecule has 1 aromatic heterocycles. The van der Waals surface area contributed by atoms with Gasteiger partial charge in [-0.25, -0.2) is 0 Å². The molecule has 2 aromatic rings. The van der Waals surface area contributed by atoms with Gasteiger partial charge in [0.05, 0.1) is 5.69 Å². The Morgan fingerprint density at radius 2 is 2.00 bits per heavy atom. The number of hydrogen-bond donors (Lipinski definition) is 1. The summed E-state index contributed by atoms with van der Waals surface area (Å²) in [5.74, 6) is 0. The van der Waals surface area contributed by atoms with Crippen molar-refractivity contribution in [2.24, 2.45) is 7.05 Å². The number of aromatic amines is 1. The van der Waals surface area contributed by atoms with Gasteiger partial charge in [-0.15, -0.1) is 0 Å². The molecule has 0 saturated heterocycles. The summed E-state index contributed by atoms with van der Waals surface area (Å²) in [7, 11) is 1.73. The fourth-order valence-corrected chi connectivity index (χ4v) is 1.74. The molecule has 3 nitrogen and oxygen atoms in total. The molecule has 0 saturated carbocycles. The molecule has 0 fully saturated rings. The van der Waals surface area contributed by atoms with Crippen LogP contribution in [-0.2, 0) is 7.05 Å². The van der Waals surface area contributed by atoms with Crippen molar-refractivity contribution in [1.82, 2.24) is 9.78 Å². The van der Waals surface area contributed by atoms with Crippen molar-refractivity contribution in [3.63, 3.8) is 0 Å². The second-order valence-electron chi connectivity index (χ2n) is 3.85. The van der Waals surface area contributed by atoms with Crippen LogP contribution < -0.4 is 5.56 Å². The quantitative estimate of drug-likeness (QED) is 0.754. The van der Waals surface area contributed by atoms with E-state index in [0.29, 0.717) is 0 Å². The molecule has 0 aliphatic carbocycles. The summed E-state index contributed by atoms with van der Waals surface area (Å²) in [4.78, 5) is 11.6. The fraction of sp³-hybridized carbons (Fsp3) is 0.250. The molecular formula is C12H14N2O. The first-order chi connectivity index (χ1) is 7.09. The molecule has 1 aromatic carbocycles. The van der Waals surface area contributed by atoms with Crippen LogP contribution in [0.3, 0.4) is 0 Å². The van der Waals surface area contributed by atoms with E-state index in [1.54, 1.807) is 7.05 Å². The van der Waals surface area contributed by atoms with Crippen LogP contribution in [-0.4, -0.2) is 9.78 Å². The summed E-state index contributed by atoms with van der Waals surface area (Å²) >= 11 is 0. The minimum absolute atomic E-state index is 0.0338. The Morgan fingerprint density at radius 1 is 1.27 bits per heavy atom. The number of nitrogens with one attached hydrogen (secondary N) is 1. The average Bonchev–Trinajstić information content (AvgIpc) is 2.46. The number of H-pyrrole nitrogens is 1. The van der Waals surface area contributed by atoms with Crippen molar-refractivity contribution < 1.29 is 0 Å². The van der Waals surface area contributed by atoms with E-state index >= 15 is 0 Å². The molecular weight excluding hydrogens is 188 g/mol. The topological polar surface area (TPSA) is 37.8 Å². The van der Waals surface area contributed by atoms with Gasteiger partial charge in [0.25, 0.3) is 5.56 Å². The predicted octanol–water partition coefficient (Wildman–Crippen LogP) is 2.00. The highest BCUT2D eigenvalue weighted by molar-refractivity contribution is 5.62. The molecule has 78 valence electrons. The van der Waals surface area contributed by atoms with Crippen molar-refractivity contribution in [1.29, 1.82) is 0 Å². The summed E-state index contributed by atoms with van der Waals surface area (Å²) in [6, 6.07) is 8.11. The van der Waals surface area contributed by atoms with E-state index < -0.39 is 0 Å². The van der Waals surface area contributed by atoms with Crippen molar-refractivity contribution in [3.05, 3.63) is 45.7 Å². The highest BCUT2D eigenvalue weighted by Crippen LogP contribution is 2.19. The Kier molecular flexibility index (Phi) is 2.23. The summed E-state index contributed by atoms with van der Waals surface area (Å²) < 4.78 is 1.51. The summed E-state index contributed by atoms with van der Waals surface area (Å²) in [5.41, 5.74) is 3.96. The normalized spacial score (nSPS) is 10.6. The lowest BCUT2D eigenvalue weighted by molar-refractivity contribution is 0.741. The zero-order valence-corrected chi connectivity index (χ0v) is 9.16. The Hall–Kier alpha value is -1.77. The third-order valence-electron chi connectivity index (χ3n) is 2.59. The number of nitrogens with zero attached hydrogens (tertiary/aromatic N) is 1. The zero-order chi connectivity index (χ0) is 11.0. The molecule has 1 heterocycles. The van der Waals surface area contributed by atoms with Crippen LogP contribution in [0.2, 0.25) is 0 Å². The molecule has 0 aliphatic rings. The second-order valence-corrected chi connectivity index (χ2v) is 3.85. The maximum absolute atomic E-state index is 11.6. The van der Waals surface area contributed by atoms with Crippen LogP contribution in [0.5, 0.6) is 0 Å². The van der Waals surface area contributed by atoms with Crippen LogP contribution in [0, 0.1) is 13.8 Å². The average molecular weight is 202 g/mol. The largest absolute Gasteiger partial charge is 0.295 e. The van der Waals surface area contributed by atoms with Crippen LogP contribution in [0.1, 0.15) is 11.1 Å². The van der Waals surface area contributed by atoms with Gasteiger partial charge < -0.3 is 0 Å². The van der Waals surface area contributed by atoms with Gasteiger partial charge in [0.2, 0.25) is 0 Å². The van der Waals surface area contributed by atoms with E-state index in [1.807, 2.05) is 32.0 Å².